The molecule has 0 fully saturated rings. The van der Waals surface area contributed by atoms with Crippen molar-refractivity contribution in [3.63, 3.8) is 0 Å². The normalized spacial score (nSPS) is 16.2. The van der Waals surface area contributed by atoms with Crippen LogP contribution < -0.4 is 11.1 Å². The first-order valence-electron chi connectivity index (χ1n) is 4.59. The Kier molecular flexibility index (Phi) is 5.32. The highest BCUT2D eigenvalue weighted by molar-refractivity contribution is 7.72. The summed E-state index contributed by atoms with van der Waals surface area (Å²) >= 11 is 0. The van der Waals surface area contributed by atoms with Crippen LogP contribution in [0.3, 0.4) is 0 Å². The first kappa shape index (κ1) is 16.2. The molecule has 0 aliphatic rings. The first-order valence-corrected chi connectivity index (χ1v) is 7.81. The van der Waals surface area contributed by atoms with E-state index in [2.05, 4.69) is 5.32 Å². The summed E-state index contributed by atoms with van der Waals surface area (Å²) in [6, 6.07) is -0.518. The van der Waals surface area contributed by atoms with Gasteiger partial charge in [0.15, 0.2) is 0 Å². The molecule has 0 saturated carbocycles. The third kappa shape index (κ3) is 3.61. The van der Waals surface area contributed by atoms with Crippen molar-refractivity contribution in [2.24, 2.45) is 5.73 Å². The van der Waals surface area contributed by atoms with Gasteiger partial charge in [0.05, 0.1) is 0 Å². The third-order valence-electron chi connectivity index (χ3n) is 2.17. The maximum Gasteiger partial charge on any atom is 0.357 e. The van der Waals surface area contributed by atoms with Crippen molar-refractivity contribution in [2.75, 3.05) is 6.54 Å². The topological polar surface area (TPSA) is 153 Å². The lowest BCUT2D eigenvalue weighted by Gasteiger charge is -2.32. The van der Waals surface area contributed by atoms with Gasteiger partial charge in [0.25, 0.3) is 0 Å². The molecule has 0 saturated heterocycles. The molecule has 7 N–H and O–H groups in total. The number of nitrogens with one attached hydrogen (secondary N) is 1. The van der Waals surface area contributed by atoms with Gasteiger partial charge in [0.1, 0.15) is 0 Å². The Labute approximate surface area is 93.6 Å². The van der Waals surface area contributed by atoms with Crippen molar-refractivity contribution in [1.82, 2.24) is 5.32 Å². The van der Waals surface area contributed by atoms with Gasteiger partial charge in [-0.05, 0) is 13.5 Å². The van der Waals surface area contributed by atoms with Gasteiger partial charge in [-0.2, -0.15) is 0 Å². The zero-order chi connectivity index (χ0) is 13.2. The molecule has 0 radical (unpaired) electrons. The molecule has 0 rings (SSSR count). The third-order valence-corrected chi connectivity index (χ3v) is 6.11. The van der Waals surface area contributed by atoms with Gasteiger partial charge in [-0.3, -0.25) is 9.13 Å². The Morgan fingerprint density at radius 1 is 1.25 bits per heavy atom. The monoisotopic (exact) mass is 276 g/mol. The molecule has 10 heteroatoms. The highest BCUT2D eigenvalue weighted by Gasteiger charge is 2.57. The van der Waals surface area contributed by atoms with E-state index in [0.29, 0.717) is 6.54 Å². The highest BCUT2D eigenvalue weighted by Crippen LogP contribution is 2.67. The molecule has 0 aromatic rings. The minimum Gasteiger partial charge on any atom is -0.323 e. The second kappa shape index (κ2) is 5.25. The Hall–Kier alpha value is 0.220. The van der Waals surface area contributed by atoms with E-state index in [0.717, 1.165) is 0 Å². The van der Waals surface area contributed by atoms with Gasteiger partial charge in [0, 0.05) is 12.5 Å². The van der Waals surface area contributed by atoms with Crippen molar-refractivity contribution >= 4 is 15.2 Å². The van der Waals surface area contributed by atoms with Crippen LogP contribution in [0.2, 0.25) is 0 Å². The van der Waals surface area contributed by atoms with Crippen LogP contribution in [-0.4, -0.2) is 37.2 Å². The SMILES string of the molecule is CCNC(C)CC(N)(P(=O)(O)O)P(=O)(O)O. The zero-order valence-electron chi connectivity index (χ0n) is 9.07. The molecular weight excluding hydrogens is 258 g/mol. The van der Waals surface area contributed by atoms with Crippen LogP contribution in [0.5, 0.6) is 0 Å². The predicted octanol–water partition coefficient (Wildman–Crippen LogP) is -0.658. The van der Waals surface area contributed by atoms with E-state index in [-0.39, 0.29) is 0 Å². The van der Waals surface area contributed by atoms with Crippen molar-refractivity contribution < 1.29 is 28.7 Å². The Bertz CT molecular complexity index is 301. The minimum atomic E-state index is -5.11. The van der Waals surface area contributed by atoms with Crippen LogP contribution in [0.4, 0.5) is 0 Å². The van der Waals surface area contributed by atoms with Gasteiger partial charge in [0.2, 0.25) is 5.02 Å². The molecule has 0 heterocycles. The Balaban J connectivity index is 5.14. The summed E-state index contributed by atoms with van der Waals surface area (Å²) in [6.07, 6.45) is -0.518. The van der Waals surface area contributed by atoms with Crippen molar-refractivity contribution in [2.45, 2.75) is 31.3 Å². The van der Waals surface area contributed by atoms with Crippen LogP contribution in [0.25, 0.3) is 0 Å². The first-order chi connectivity index (χ1) is 6.95. The smallest absolute Gasteiger partial charge is 0.323 e. The maximum absolute atomic E-state index is 11.1. The predicted molar refractivity (Wildman–Crippen MR) is 58.8 cm³/mol. The fourth-order valence-electron chi connectivity index (χ4n) is 1.28. The van der Waals surface area contributed by atoms with Gasteiger partial charge < -0.3 is 30.6 Å². The molecule has 0 amide bonds. The van der Waals surface area contributed by atoms with Gasteiger partial charge in [-0.25, -0.2) is 0 Å². The summed E-state index contributed by atoms with van der Waals surface area (Å²) in [5.74, 6) is 0. The van der Waals surface area contributed by atoms with Crippen LogP contribution in [0.15, 0.2) is 0 Å². The summed E-state index contributed by atoms with van der Waals surface area (Å²) < 4.78 is 22.2. The van der Waals surface area contributed by atoms with Crippen LogP contribution >= 0.6 is 15.2 Å². The lowest BCUT2D eigenvalue weighted by atomic mass is 10.2. The van der Waals surface area contributed by atoms with Crippen LogP contribution in [-0.2, 0) is 9.13 Å². The second-order valence-corrected chi connectivity index (χ2v) is 7.75. The Morgan fingerprint density at radius 2 is 1.62 bits per heavy atom. The molecule has 16 heavy (non-hydrogen) atoms. The van der Waals surface area contributed by atoms with E-state index in [1.165, 1.54) is 6.92 Å². The molecular formula is C6H18N2O6P2. The lowest BCUT2D eigenvalue weighted by Crippen LogP contribution is -2.45. The number of nitrogens with two attached hydrogens (primary N) is 1. The van der Waals surface area contributed by atoms with Gasteiger partial charge in [-0.15, -0.1) is 0 Å². The van der Waals surface area contributed by atoms with Crippen LogP contribution in [0.1, 0.15) is 20.3 Å². The second-order valence-electron chi connectivity index (χ2n) is 3.63. The fraction of sp³-hybridized carbons (Fsp3) is 1.00. The molecule has 1 unspecified atom stereocenters. The van der Waals surface area contributed by atoms with Crippen LogP contribution in [0, 0.1) is 0 Å². The van der Waals surface area contributed by atoms with E-state index in [4.69, 9.17) is 25.3 Å². The van der Waals surface area contributed by atoms with E-state index in [1.807, 2.05) is 0 Å². The summed E-state index contributed by atoms with van der Waals surface area (Å²) in [5.41, 5.74) is 5.22. The number of hydrogen-bond donors (Lipinski definition) is 6. The maximum atomic E-state index is 11.1. The molecule has 0 aliphatic carbocycles. The summed E-state index contributed by atoms with van der Waals surface area (Å²) in [5, 5.41) is -0.0531. The lowest BCUT2D eigenvalue weighted by molar-refractivity contribution is 0.293. The number of rotatable bonds is 6. The van der Waals surface area contributed by atoms with Gasteiger partial charge >= 0.3 is 15.2 Å². The molecule has 0 bridgehead atoms. The highest BCUT2D eigenvalue weighted by atomic mass is 31.2. The quantitative estimate of drug-likeness (QED) is 0.349. The van der Waals surface area contributed by atoms with Crippen molar-refractivity contribution in [3.8, 4) is 0 Å². The molecule has 0 aliphatic heterocycles. The summed E-state index contributed by atoms with van der Waals surface area (Å²) in [6.45, 7) is 3.79. The fourth-order valence-corrected chi connectivity index (χ4v) is 3.66. The van der Waals surface area contributed by atoms with E-state index in [1.54, 1.807) is 6.92 Å². The average Bonchev–Trinajstić information content (AvgIpc) is 1.99. The molecule has 0 aromatic heterocycles. The standard InChI is InChI=1S/C6H18N2O6P2/c1-3-8-5(2)4-6(7,15(9,10)11)16(12,13)14/h5,8H,3-4,7H2,1-2H3,(H2,9,10,11)(H2,12,13,14). The molecule has 0 aromatic carbocycles. The largest absolute Gasteiger partial charge is 0.357 e. The minimum absolute atomic E-state index is 0.500. The average molecular weight is 276 g/mol. The molecule has 98 valence electrons. The van der Waals surface area contributed by atoms with Crippen molar-refractivity contribution in [3.05, 3.63) is 0 Å². The van der Waals surface area contributed by atoms with Gasteiger partial charge in [-0.1, -0.05) is 6.92 Å². The van der Waals surface area contributed by atoms with E-state index < -0.39 is 32.7 Å². The molecule has 1 atom stereocenters. The molecule has 8 nitrogen and oxygen atoms in total. The van der Waals surface area contributed by atoms with E-state index >= 15 is 0 Å². The Morgan fingerprint density at radius 3 is 1.88 bits per heavy atom. The molecule has 0 spiro atoms. The number of hydrogen-bond acceptors (Lipinski definition) is 4. The van der Waals surface area contributed by atoms with E-state index in [9.17, 15) is 9.13 Å². The summed E-state index contributed by atoms with van der Waals surface area (Å²) in [7, 11) is -10.2. The van der Waals surface area contributed by atoms with Crippen molar-refractivity contribution in [1.29, 1.82) is 0 Å². The summed E-state index contributed by atoms with van der Waals surface area (Å²) in [4.78, 5) is 35.8. The zero-order valence-corrected chi connectivity index (χ0v) is 10.9.